The van der Waals surface area contributed by atoms with E-state index in [1.54, 1.807) is 13.3 Å². The summed E-state index contributed by atoms with van der Waals surface area (Å²) in [5, 5.41) is 0.213. The van der Waals surface area contributed by atoms with Gasteiger partial charge >= 0.3 is 0 Å². The molecule has 1 saturated carbocycles. The van der Waals surface area contributed by atoms with E-state index >= 15 is 0 Å². The van der Waals surface area contributed by atoms with E-state index in [2.05, 4.69) is 9.88 Å². The van der Waals surface area contributed by atoms with Crippen molar-refractivity contribution >= 4 is 9.84 Å². The maximum absolute atomic E-state index is 12.8. The zero-order chi connectivity index (χ0) is 17.9. The van der Waals surface area contributed by atoms with E-state index in [1.165, 1.54) is 0 Å². The van der Waals surface area contributed by atoms with Gasteiger partial charge in [0.25, 0.3) is 0 Å². The standard InChI is InChI=1S/C17H29N3O4S/c1-19(7-9-23-2)11-15-10-18-17(25(21,22)13-14-5-6-14)20(15)12-16-4-3-8-24-16/h10,14,16H,3-9,11-13H2,1-2H3. The number of methoxy groups -OCH3 is 1. The lowest BCUT2D eigenvalue weighted by Crippen LogP contribution is -2.27. The molecule has 1 unspecified atom stereocenters. The molecule has 0 amide bonds. The van der Waals surface area contributed by atoms with Gasteiger partial charge in [0.1, 0.15) is 0 Å². The second-order valence-corrected chi connectivity index (χ2v) is 9.16. The van der Waals surface area contributed by atoms with Gasteiger partial charge in [-0.15, -0.1) is 0 Å². The number of likely N-dealkylation sites (N-methyl/N-ethyl adjacent to an activating group) is 1. The molecule has 1 aromatic heterocycles. The van der Waals surface area contributed by atoms with Crippen LogP contribution in [0.15, 0.2) is 11.4 Å². The summed E-state index contributed by atoms with van der Waals surface area (Å²) in [5.41, 5.74) is 0.920. The third kappa shape index (κ3) is 5.03. The Labute approximate surface area is 150 Å². The first-order chi connectivity index (χ1) is 12.0. The first-order valence-electron chi connectivity index (χ1n) is 9.06. The Kier molecular flexibility index (Phi) is 6.14. The van der Waals surface area contributed by atoms with Crippen LogP contribution < -0.4 is 0 Å². The summed E-state index contributed by atoms with van der Waals surface area (Å²) in [6.07, 6.45) is 5.81. The van der Waals surface area contributed by atoms with Crippen molar-refractivity contribution < 1.29 is 17.9 Å². The number of ether oxygens (including phenoxy) is 2. The zero-order valence-electron chi connectivity index (χ0n) is 15.2. The highest BCUT2D eigenvalue weighted by Crippen LogP contribution is 2.32. The lowest BCUT2D eigenvalue weighted by atomic mass is 10.2. The first kappa shape index (κ1) is 18.8. The van der Waals surface area contributed by atoms with Crippen molar-refractivity contribution in [2.24, 2.45) is 5.92 Å². The van der Waals surface area contributed by atoms with Crippen molar-refractivity contribution in [2.75, 3.05) is 39.7 Å². The number of hydrogen-bond acceptors (Lipinski definition) is 6. The molecule has 2 aliphatic rings. The van der Waals surface area contributed by atoms with Crippen LogP contribution in [0.3, 0.4) is 0 Å². The Balaban J connectivity index is 1.80. The van der Waals surface area contributed by atoms with Crippen LogP contribution in [0.2, 0.25) is 0 Å². The van der Waals surface area contributed by atoms with Crippen LogP contribution in [0.5, 0.6) is 0 Å². The van der Waals surface area contributed by atoms with E-state index in [9.17, 15) is 8.42 Å². The molecule has 0 N–H and O–H groups in total. The topological polar surface area (TPSA) is 73.7 Å². The molecule has 7 nitrogen and oxygen atoms in total. The molecule has 8 heteroatoms. The summed E-state index contributed by atoms with van der Waals surface area (Å²) in [5.74, 6) is 0.528. The van der Waals surface area contributed by atoms with E-state index in [4.69, 9.17) is 9.47 Å². The van der Waals surface area contributed by atoms with Crippen molar-refractivity contribution in [1.82, 2.24) is 14.5 Å². The van der Waals surface area contributed by atoms with Crippen molar-refractivity contribution in [3.63, 3.8) is 0 Å². The molecule has 0 bridgehead atoms. The summed E-state index contributed by atoms with van der Waals surface area (Å²) in [4.78, 5) is 6.42. The normalized spacial score (nSPS) is 21.3. The average Bonchev–Trinajstić information content (AvgIpc) is 3.06. The van der Waals surface area contributed by atoms with Crippen molar-refractivity contribution in [3.8, 4) is 0 Å². The number of hydrogen-bond donors (Lipinski definition) is 0. The highest BCUT2D eigenvalue weighted by Gasteiger charge is 2.33. The second-order valence-electron chi connectivity index (χ2n) is 7.23. The van der Waals surface area contributed by atoms with Crippen molar-refractivity contribution in [3.05, 3.63) is 11.9 Å². The number of imidazole rings is 1. The fraction of sp³-hybridized carbons (Fsp3) is 0.824. The van der Waals surface area contributed by atoms with Gasteiger partial charge in [-0.2, -0.15) is 0 Å². The quantitative estimate of drug-likeness (QED) is 0.618. The highest BCUT2D eigenvalue weighted by molar-refractivity contribution is 7.91. The molecule has 2 heterocycles. The molecule has 2 fully saturated rings. The van der Waals surface area contributed by atoms with Gasteiger partial charge in [-0.25, -0.2) is 13.4 Å². The van der Waals surface area contributed by atoms with E-state index < -0.39 is 9.84 Å². The van der Waals surface area contributed by atoms with Gasteiger partial charge in [0.2, 0.25) is 15.0 Å². The maximum Gasteiger partial charge on any atom is 0.227 e. The molecule has 0 spiro atoms. The van der Waals surface area contributed by atoms with Gasteiger partial charge in [-0.1, -0.05) is 0 Å². The summed E-state index contributed by atoms with van der Waals surface area (Å²) >= 11 is 0. The van der Waals surface area contributed by atoms with Gasteiger partial charge in [-0.05, 0) is 38.6 Å². The zero-order valence-corrected chi connectivity index (χ0v) is 16.0. The van der Waals surface area contributed by atoms with Crippen LogP contribution in [-0.2, 0) is 32.4 Å². The van der Waals surface area contributed by atoms with Gasteiger partial charge < -0.3 is 14.0 Å². The van der Waals surface area contributed by atoms with E-state index in [1.807, 2.05) is 11.6 Å². The van der Waals surface area contributed by atoms with Crippen LogP contribution in [0.1, 0.15) is 31.4 Å². The molecule has 1 aliphatic carbocycles. The molecule has 1 atom stereocenters. The molecule has 0 radical (unpaired) electrons. The number of aromatic nitrogens is 2. The molecule has 1 saturated heterocycles. The smallest absolute Gasteiger partial charge is 0.227 e. The van der Waals surface area contributed by atoms with Gasteiger partial charge in [0.15, 0.2) is 0 Å². The lowest BCUT2D eigenvalue weighted by molar-refractivity contribution is 0.0930. The van der Waals surface area contributed by atoms with E-state index in [-0.39, 0.29) is 17.0 Å². The Morgan fingerprint density at radius 1 is 1.40 bits per heavy atom. The minimum absolute atomic E-state index is 0.0760. The summed E-state index contributed by atoms with van der Waals surface area (Å²) < 4.78 is 38.3. The summed E-state index contributed by atoms with van der Waals surface area (Å²) in [6, 6.07) is 0. The Morgan fingerprint density at radius 2 is 2.20 bits per heavy atom. The molecule has 1 aromatic rings. The molecule has 1 aliphatic heterocycles. The SMILES string of the molecule is COCCN(C)Cc1cnc(S(=O)(=O)CC2CC2)n1CC1CCCO1. The first-order valence-corrected chi connectivity index (χ1v) is 10.7. The molecule has 0 aromatic carbocycles. The minimum Gasteiger partial charge on any atom is -0.383 e. The Morgan fingerprint density at radius 3 is 2.84 bits per heavy atom. The molecule has 25 heavy (non-hydrogen) atoms. The van der Waals surface area contributed by atoms with Gasteiger partial charge in [-0.3, -0.25) is 4.90 Å². The van der Waals surface area contributed by atoms with E-state index in [0.717, 1.165) is 44.5 Å². The fourth-order valence-corrected chi connectivity index (χ4v) is 5.07. The third-order valence-electron chi connectivity index (χ3n) is 4.85. The minimum atomic E-state index is -3.35. The highest BCUT2D eigenvalue weighted by atomic mass is 32.2. The van der Waals surface area contributed by atoms with Gasteiger partial charge in [0.05, 0.1) is 36.9 Å². The second kappa shape index (κ2) is 8.16. The Bertz CT molecular complexity index is 663. The molecular weight excluding hydrogens is 342 g/mol. The Hall–Kier alpha value is -0.960. The molecule has 3 rings (SSSR count). The number of rotatable bonds is 10. The maximum atomic E-state index is 12.8. The number of sulfone groups is 1. The summed E-state index contributed by atoms with van der Waals surface area (Å²) in [6.45, 7) is 3.39. The predicted molar refractivity (Wildman–Crippen MR) is 94.2 cm³/mol. The number of nitrogens with zero attached hydrogens (tertiary/aromatic N) is 3. The molecular formula is C17H29N3O4S. The van der Waals surface area contributed by atoms with Crippen LogP contribution in [0.4, 0.5) is 0 Å². The van der Waals surface area contributed by atoms with E-state index in [0.29, 0.717) is 25.6 Å². The fourth-order valence-electron chi connectivity index (χ4n) is 3.23. The summed E-state index contributed by atoms with van der Waals surface area (Å²) in [7, 11) is 0.331. The van der Waals surface area contributed by atoms with Crippen molar-refractivity contribution in [2.45, 2.75) is 50.0 Å². The van der Waals surface area contributed by atoms with Gasteiger partial charge in [0, 0.05) is 26.8 Å². The van der Waals surface area contributed by atoms with Crippen LogP contribution in [0, 0.1) is 5.92 Å². The van der Waals surface area contributed by atoms with Crippen LogP contribution in [-0.4, -0.2) is 68.6 Å². The predicted octanol–water partition coefficient (Wildman–Crippen LogP) is 1.32. The third-order valence-corrected chi connectivity index (χ3v) is 6.64. The van der Waals surface area contributed by atoms with Crippen molar-refractivity contribution in [1.29, 1.82) is 0 Å². The largest absolute Gasteiger partial charge is 0.383 e. The van der Waals surface area contributed by atoms with Crippen LogP contribution in [0.25, 0.3) is 0 Å². The van der Waals surface area contributed by atoms with Crippen LogP contribution >= 0.6 is 0 Å². The lowest BCUT2D eigenvalue weighted by Gasteiger charge is -2.20. The molecule has 142 valence electrons. The monoisotopic (exact) mass is 371 g/mol. The average molecular weight is 372 g/mol.